The van der Waals surface area contributed by atoms with Gasteiger partial charge in [-0.2, -0.15) is 0 Å². The SMILES string of the molecule is CCOC(=O)COC[C@H]1OC[C@H](OCc2ccccc2)[C@@H](OCc2ccccc2)[C@@H]1OCc1ccccc1. The Morgan fingerprint density at radius 2 is 1.24 bits per heavy atom. The first-order valence-corrected chi connectivity index (χ1v) is 13.0. The second kappa shape index (κ2) is 15.4. The Bertz CT molecular complexity index is 1060. The van der Waals surface area contributed by atoms with Crippen molar-refractivity contribution < 1.29 is 33.2 Å². The summed E-state index contributed by atoms with van der Waals surface area (Å²) in [5, 5.41) is 0. The number of hydrogen-bond donors (Lipinski definition) is 0. The topological polar surface area (TPSA) is 72.5 Å². The van der Waals surface area contributed by atoms with Crippen LogP contribution in [0, 0.1) is 0 Å². The van der Waals surface area contributed by atoms with Crippen LogP contribution in [-0.2, 0) is 53.0 Å². The van der Waals surface area contributed by atoms with Crippen LogP contribution in [0.1, 0.15) is 23.6 Å². The fourth-order valence-corrected chi connectivity index (χ4v) is 4.29. The molecular formula is C31H36O7. The lowest BCUT2D eigenvalue weighted by Gasteiger charge is -2.42. The van der Waals surface area contributed by atoms with Crippen molar-refractivity contribution in [2.75, 3.05) is 26.4 Å². The Labute approximate surface area is 224 Å². The maximum atomic E-state index is 11.8. The first kappa shape index (κ1) is 28.0. The van der Waals surface area contributed by atoms with Crippen LogP contribution in [-0.4, -0.2) is 56.8 Å². The van der Waals surface area contributed by atoms with Crippen molar-refractivity contribution in [3.05, 3.63) is 108 Å². The predicted molar refractivity (Wildman–Crippen MR) is 142 cm³/mol. The fourth-order valence-electron chi connectivity index (χ4n) is 4.29. The van der Waals surface area contributed by atoms with E-state index in [2.05, 4.69) is 0 Å². The zero-order valence-corrected chi connectivity index (χ0v) is 21.8. The van der Waals surface area contributed by atoms with Crippen LogP contribution in [0.3, 0.4) is 0 Å². The van der Waals surface area contributed by atoms with Crippen LogP contribution in [0.15, 0.2) is 91.0 Å². The van der Waals surface area contributed by atoms with E-state index < -0.39 is 24.3 Å². The zero-order valence-electron chi connectivity index (χ0n) is 21.8. The Hall–Kier alpha value is -3.07. The molecule has 0 N–H and O–H groups in total. The third kappa shape index (κ3) is 8.75. The van der Waals surface area contributed by atoms with Crippen molar-refractivity contribution in [3.8, 4) is 0 Å². The van der Waals surface area contributed by atoms with Gasteiger partial charge in [-0.1, -0.05) is 91.0 Å². The number of esters is 1. The standard InChI is InChI=1S/C31H36O7/c1-2-34-29(32)23-33-21-27-30(37-19-25-14-8-4-9-15-25)31(38-20-26-16-10-5-11-17-26)28(22-36-27)35-18-24-12-6-3-7-13-24/h3-17,27-28,30-31H,2,18-23H2,1H3/t27-,28+,30-,31-/m1/s1. The highest BCUT2D eigenvalue weighted by atomic mass is 16.6. The van der Waals surface area contributed by atoms with Gasteiger partial charge in [0, 0.05) is 0 Å². The minimum atomic E-state index is -0.490. The molecule has 4 atom stereocenters. The quantitative estimate of drug-likeness (QED) is 0.285. The van der Waals surface area contributed by atoms with Gasteiger partial charge >= 0.3 is 5.97 Å². The molecule has 0 spiro atoms. The van der Waals surface area contributed by atoms with Gasteiger partial charge < -0.3 is 28.4 Å². The Balaban J connectivity index is 1.50. The Morgan fingerprint density at radius 3 is 1.76 bits per heavy atom. The van der Waals surface area contributed by atoms with Gasteiger partial charge in [0.25, 0.3) is 0 Å². The van der Waals surface area contributed by atoms with Gasteiger partial charge in [0.05, 0.1) is 39.6 Å². The first-order valence-electron chi connectivity index (χ1n) is 13.0. The fraction of sp³-hybridized carbons (Fsp3) is 0.387. The van der Waals surface area contributed by atoms with Crippen molar-refractivity contribution in [1.29, 1.82) is 0 Å². The zero-order chi connectivity index (χ0) is 26.4. The summed E-state index contributed by atoms with van der Waals surface area (Å²) in [5.41, 5.74) is 3.15. The average molecular weight is 521 g/mol. The molecule has 3 aromatic rings. The molecule has 3 aromatic carbocycles. The molecule has 0 aliphatic carbocycles. The monoisotopic (exact) mass is 520 g/mol. The lowest BCUT2D eigenvalue weighted by Crippen LogP contribution is -2.57. The van der Waals surface area contributed by atoms with E-state index in [1.165, 1.54) is 0 Å². The highest BCUT2D eigenvalue weighted by Gasteiger charge is 2.43. The van der Waals surface area contributed by atoms with Crippen LogP contribution < -0.4 is 0 Å². The molecule has 1 aliphatic heterocycles. The van der Waals surface area contributed by atoms with E-state index in [1.54, 1.807) is 6.92 Å². The van der Waals surface area contributed by atoms with E-state index in [0.717, 1.165) is 16.7 Å². The minimum absolute atomic E-state index is 0.150. The maximum Gasteiger partial charge on any atom is 0.332 e. The van der Waals surface area contributed by atoms with Crippen LogP contribution in [0.25, 0.3) is 0 Å². The molecule has 1 heterocycles. The molecule has 38 heavy (non-hydrogen) atoms. The normalized spacial score (nSPS) is 21.2. The van der Waals surface area contributed by atoms with Crippen LogP contribution in [0.4, 0.5) is 0 Å². The number of carbonyl (C=O) groups excluding carboxylic acids is 1. The van der Waals surface area contributed by atoms with Gasteiger partial charge in [-0.05, 0) is 23.6 Å². The second-order valence-electron chi connectivity index (χ2n) is 9.05. The summed E-state index contributed by atoms with van der Waals surface area (Å²) in [6.07, 6.45) is -1.73. The molecule has 1 saturated heterocycles. The number of hydrogen-bond acceptors (Lipinski definition) is 7. The van der Waals surface area contributed by atoms with E-state index in [-0.39, 0.29) is 19.3 Å². The Kier molecular flexibility index (Phi) is 11.3. The molecule has 0 aromatic heterocycles. The van der Waals surface area contributed by atoms with Gasteiger partial charge in [0.2, 0.25) is 0 Å². The van der Waals surface area contributed by atoms with Crippen molar-refractivity contribution in [1.82, 2.24) is 0 Å². The average Bonchev–Trinajstić information content (AvgIpc) is 2.96. The van der Waals surface area contributed by atoms with E-state index in [4.69, 9.17) is 28.4 Å². The van der Waals surface area contributed by atoms with E-state index in [0.29, 0.717) is 33.0 Å². The summed E-state index contributed by atoms with van der Waals surface area (Å²) in [7, 11) is 0. The number of rotatable bonds is 14. The highest BCUT2D eigenvalue weighted by molar-refractivity contribution is 5.70. The predicted octanol–water partition coefficient (Wildman–Crippen LogP) is 4.72. The summed E-state index contributed by atoms with van der Waals surface area (Å²) in [6, 6.07) is 30.0. The molecule has 0 bridgehead atoms. The summed E-state index contributed by atoms with van der Waals surface area (Å²) >= 11 is 0. The number of carbonyl (C=O) groups is 1. The van der Waals surface area contributed by atoms with Gasteiger partial charge in [-0.3, -0.25) is 0 Å². The molecule has 0 amide bonds. The summed E-state index contributed by atoms with van der Waals surface area (Å²) < 4.78 is 36.1. The van der Waals surface area contributed by atoms with Crippen molar-refractivity contribution in [2.45, 2.75) is 51.2 Å². The van der Waals surface area contributed by atoms with Gasteiger partial charge in [-0.25, -0.2) is 4.79 Å². The lowest BCUT2D eigenvalue weighted by molar-refractivity contribution is -0.246. The van der Waals surface area contributed by atoms with Gasteiger partial charge in [0.15, 0.2) is 0 Å². The molecule has 202 valence electrons. The molecule has 0 radical (unpaired) electrons. The smallest absolute Gasteiger partial charge is 0.332 e. The largest absolute Gasteiger partial charge is 0.464 e. The summed E-state index contributed by atoms with van der Waals surface area (Å²) in [6.45, 7) is 3.59. The van der Waals surface area contributed by atoms with Crippen LogP contribution in [0.5, 0.6) is 0 Å². The van der Waals surface area contributed by atoms with Gasteiger partial charge in [0.1, 0.15) is 31.0 Å². The maximum absolute atomic E-state index is 11.8. The molecule has 1 fully saturated rings. The summed E-state index contributed by atoms with van der Waals surface area (Å²) in [4.78, 5) is 11.8. The first-order chi connectivity index (χ1) is 18.7. The van der Waals surface area contributed by atoms with Crippen molar-refractivity contribution >= 4 is 5.97 Å². The van der Waals surface area contributed by atoms with Crippen LogP contribution >= 0.6 is 0 Å². The van der Waals surface area contributed by atoms with Crippen molar-refractivity contribution in [3.63, 3.8) is 0 Å². The second-order valence-corrected chi connectivity index (χ2v) is 9.05. The van der Waals surface area contributed by atoms with E-state index in [9.17, 15) is 4.79 Å². The number of ether oxygens (including phenoxy) is 6. The van der Waals surface area contributed by atoms with Crippen molar-refractivity contribution in [2.24, 2.45) is 0 Å². The molecule has 1 aliphatic rings. The minimum Gasteiger partial charge on any atom is -0.464 e. The molecule has 0 unspecified atom stereocenters. The molecule has 4 rings (SSSR count). The highest BCUT2D eigenvalue weighted by Crippen LogP contribution is 2.27. The molecule has 0 saturated carbocycles. The third-order valence-corrected chi connectivity index (χ3v) is 6.22. The molecule has 7 nitrogen and oxygen atoms in total. The van der Waals surface area contributed by atoms with Crippen LogP contribution in [0.2, 0.25) is 0 Å². The van der Waals surface area contributed by atoms with Gasteiger partial charge in [-0.15, -0.1) is 0 Å². The lowest BCUT2D eigenvalue weighted by atomic mass is 9.99. The Morgan fingerprint density at radius 1 is 0.737 bits per heavy atom. The summed E-state index contributed by atoms with van der Waals surface area (Å²) in [5.74, 6) is -0.411. The molecule has 7 heteroatoms. The number of benzene rings is 3. The third-order valence-electron chi connectivity index (χ3n) is 6.22. The van der Waals surface area contributed by atoms with E-state index in [1.807, 2.05) is 91.0 Å². The van der Waals surface area contributed by atoms with E-state index >= 15 is 0 Å². The molecular weight excluding hydrogens is 484 g/mol.